The molecule has 0 amide bonds. The number of aryl methyl sites for hydroxylation is 1. The van der Waals surface area contributed by atoms with Crippen molar-refractivity contribution in [2.24, 2.45) is 0 Å². The standard InChI is InChI=1S/C19H17N.C7H16OS/c1-14-11-12-17-16-9-5-6-10-18(16)20(19(17)13-14)15-7-3-2-4-8-15;1-6(2,8-5)7(3,4)9/h2-13,16,18H,1H3;9H,1-5H3. The first-order chi connectivity index (χ1) is 13.7. The summed E-state index contributed by atoms with van der Waals surface area (Å²) < 4.78 is 5.14. The lowest BCUT2D eigenvalue weighted by Gasteiger charge is -2.36. The molecule has 3 heteroatoms. The van der Waals surface area contributed by atoms with E-state index in [1.165, 1.54) is 22.5 Å². The highest BCUT2D eigenvalue weighted by atomic mass is 32.1. The Hall–Kier alpha value is -1.97. The fourth-order valence-corrected chi connectivity index (χ4v) is 3.68. The maximum atomic E-state index is 5.23. The Morgan fingerprint density at radius 3 is 2.17 bits per heavy atom. The van der Waals surface area contributed by atoms with Gasteiger partial charge in [0.05, 0.1) is 11.6 Å². The van der Waals surface area contributed by atoms with Crippen molar-refractivity contribution in [1.82, 2.24) is 0 Å². The molecule has 0 radical (unpaired) electrons. The maximum Gasteiger partial charge on any atom is 0.0760 e. The number of methoxy groups -OCH3 is 1. The number of hydrogen-bond acceptors (Lipinski definition) is 3. The van der Waals surface area contributed by atoms with Gasteiger partial charge < -0.3 is 9.64 Å². The number of hydrogen-bond donors (Lipinski definition) is 1. The van der Waals surface area contributed by atoms with Gasteiger partial charge in [-0.15, -0.1) is 0 Å². The van der Waals surface area contributed by atoms with Crippen LogP contribution in [0.25, 0.3) is 0 Å². The molecule has 2 atom stereocenters. The van der Waals surface area contributed by atoms with E-state index in [9.17, 15) is 0 Å². The molecule has 2 aromatic rings. The topological polar surface area (TPSA) is 12.5 Å². The summed E-state index contributed by atoms with van der Waals surface area (Å²) in [7, 11) is 1.71. The quantitative estimate of drug-likeness (QED) is 0.559. The van der Waals surface area contributed by atoms with Crippen LogP contribution in [0.3, 0.4) is 0 Å². The van der Waals surface area contributed by atoms with E-state index in [1.54, 1.807) is 7.11 Å². The minimum Gasteiger partial charge on any atom is -0.377 e. The van der Waals surface area contributed by atoms with Crippen molar-refractivity contribution in [2.45, 2.75) is 56.9 Å². The van der Waals surface area contributed by atoms with Crippen LogP contribution in [0.5, 0.6) is 0 Å². The van der Waals surface area contributed by atoms with Gasteiger partial charge in [0.2, 0.25) is 0 Å². The summed E-state index contributed by atoms with van der Waals surface area (Å²) in [5, 5.41) is 0. The van der Waals surface area contributed by atoms with Crippen LogP contribution in [0.1, 0.15) is 44.7 Å². The zero-order valence-corrected chi connectivity index (χ0v) is 19.3. The van der Waals surface area contributed by atoms with Crippen molar-refractivity contribution in [3.8, 4) is 0 Å². The smallest absolute Gasteiger partial charge is 0.0760 e. The van der Waals surface area contributed by atoms with Gasteiger partial charge in [0.25, 0.3) is 0 Å². The first-order valence-corrected chi connectivity index (χ1v) is 10.7. The van der Waals surface area contributed by atoms with Crippen molar-refractivity contribution < 1.29 is 4.74 Å². The van der Waals surface area contributed by atoms with E-state index in [4.69, 9.17) is 4.74 Å². The van der Waals surface area contributed by atoms with Crippen molar-refractivity contribution in [3.63, 3.8) is 0 Å². The number of allylic oxidation sites excluding steroid dienone is 2. The van der Waals surface area contributed by atoms with E-state index in [0.29, 0.717) is 12.0 Å². The molecule has 2 nitrogen and oxygen atoms in total. The lowest BCUT2D eigenvalue weighted by atomic mass is 9.91. The largest absolute Gasteiger partial charge is 0.377 e. The zero-order chi connectivity index (χ0) is 21.2. The fourth-order valence-electron chi connectivity index (χ4n) is 3.58. The van der Waals surface area contributed by atoms with Gasteiger partial charge in [0.15, 0.2) is 0 Å². The monoisotopic (exact) mass is 407 g/mol. The molecule has 1 heterocycles. The number of ether oxygens (including phenoxy) is 1. The molecule has 0 fully saturated rings. The Labute approximate surface area is 181 Å². The number of para-hydroxylation sites is 1. The first-order valence-electron chi connectivity index (χ1n) is 10.2. The summed E-state index contributed by atoms with van der Waals surface area (Å²) in [5.74, 6) is 0.468. The molecule has 0 bridgehead atoms. The SMILES string of the molecule is COC(C)(C)C(C)(C)S.Cc1ccc2c(c1)N(c1ccccc1)C1C=CC=CC21. The molecule has 0 N–H and O–H groups in total. The Morgan fingerprint density at radius 1 is 0.931 bits per heavy atom. The average Bonchev–Trinajstić information content (AvgIpc) is 3.01. The predicted molar refractivity (Wildman–Crippen MR) is 129 cm³/mol. The highest BCUT2D eigenvalue weighted by Gasteiger charge is 2.37. The van der Waals surface area contributed by atoms with Crippen molar-refractivity contribution in [1.29, 1.82) is 0 Å². The summed E-state index contributed by atoms with van der Waals surface area (Å²) in [6, 6.07) is 17.9. The van der Waals surface area contributed by atoms with Crippen molar-refractivity contribution >= 4 is 24.0 Å². The van der Waals surface area contributed by atoms with E-state index >= 15 is 0 Å². The van der Waals surface area contributed by atoms with Crippen LogP contribution >= 0.6 is 12.6 Å². The summed E-state index contributed by atoms with van der Waals surface area (Å²) >= 11 is 4.39. The van der Waals surface area contributed by atoms with Gasteiger partial charge in [-0.25, -0.2) is 0 Å². The summed E-state index contributed by atoms with van der Waals surface area (Å²) in [6.45, 7) is 10.3. The Bertz CT molecular complexity index is 893. The second-order valence-electron chi connectivity index (χ2n) is 8.83. The van der Waals surface area contributed by atoms with Crippen LogP contribution in [0.2, 0.25) is 0 Å². The number of thiol groups is 1. The number of rotatable bonds is 3. The van der Waals surface area contributed by atoms with Gasteiger partial charge >= 0.3 is 0 Å². The molecule has 2 aromatic carbocycles. The minimum absolute atomic E-state index is 0.0816. The van der Waals surface area contributed by atoms with Gasteiger partial charge in [-0.3, -0.25) is 0 Å². The summed E-state index contributed by atoms with van der Waals surface area (Å²) in [5.41, 5.74) is 5.21. The highest BCUT2D eigenvalue weighted by molar-refractivity contribution is 7.81. The first kappa shape index (κ1) is 21.7. The number of anilines is 2. The normalized spacial score (nSPS) is 20.0. The Morgan fingerprint density at radius 2 is 1.59 bits per heavy atom. The van der Waals surface area contributed by atoms with Crippen LogP contribution in [-0.4, -0.2) is 23.5 Å². The van der Waals surface area contributed by atoms with E-state index in [2.05, 4.69) is 97.3 Å². The number of nitrogens with zero attached hydrogens (tertiary/aromatic N) is 1. The number of benzene rings is 2. The molecular weight excluding hydrogens is 374 g/mol. The molecule has 1 aliphatic heterocycles. The van der Waals surface area contributed by atoms with Gasteiger partial charge in [-0.2, -0.15) is 12.6 Å². The molecule has 2 aliphatic rings. The minimum atomic E-state index is -0.157. The summed E-state index contributed by atoms with van der Waals surface area (Å²) in [6.07, 6.45) is 8.96. The number of fused-ring (bicyclic) bond motifs is 3. The second-order valence-corrected chi connectivity index (χ2v) is 9.95. The van der Waals surface area contributed by atoms with Crippen LogP contribution in [0.4, 0.5) is 11.4 Å². The fraction of sp³-hybridized carbons (Fsp3) is 0.385. The predicted octanol–water partition coefficient (Wildman–Crippen LogP) is 6.84. The molecule has 154 valence electrons. The molecule has 0 saturated heterocycles. The van der Waals surface area contributed by atoms with Crippen LogP contribution in [-0.2, 0) is 4.74 Å². The van der Waals surface area contributed by atoms with Gasteiger partial charge in [0, 0.05) is 29.1 Å². The molecule has 2 unspecified atom stereocenters. The molecule has 0 aromatic heterocycles. The second kappa shape index (κ2) is 8.41. The highest BCUT2D eigenvalue weighted by Crippen LogP contribution is 2.47. The van der Waals surface area contributed by atoms with Crippen LogP contribution in [0, 0.1) is 6.92 Å². The van der Waals surface area contributed by atoms with Crippen molar-refractivity contribution in [3.05, 3.63) is 84.0 Å². The van der Waals surface area contributed by atoms with Gasteiger partial charge in [0.1, 0.15) is 0 Å². The molecule has 1 aliphatic carbocycles. The van der Waals surface area contributed by atoms with E-state index in [0.717, 1.165) is 0 Å². The average molecular weight is 408 g/mol. The summed E-state index contributed by atoms with van der Waals surface area (Å²) in [4.78, 5) is 2.47. The van der Waals surface area contributed by atoms with Crippen molar-refractivity contribution in [2.75, 3.05) is 12.0 Å². The van der Waals surface area contributed by atoms with Gasteiger partial charge in [-0.1, -0.05) is 54.6 Å². The van der Waals surface area contributed by atoms with E-state index in [-0.39, 0.29) is 10.3 Å². The Kier molecular flexibility index (Phi) is 6.30. The van der Waals surface area contributed by atoms with E-state index in [1.807, 2.05) is 27.7 Å². The van der Waals surface area contributed by atoms with Crippen LogP contribution in [0.15, 0.2) is 72.8 Å². The molecule has 0 saturated carbocycles. The lowest BCUT2D eigenvalue weighted by molar-refractivity contribution is -0.00128. The third-order valence-corrected chi connectivity index (χ3v) is 6.77. The molecule has 29 heavy (non-hydrogen) atoms. The third kappa shape index (κ3) is 4.46. The zero-order valence-electron chi connectivity index (χ0n) is 18.4. The molecule has 0 spiro atoms. The maximum absolute atomic E-state index is 5.23. The third-order valence-electron chi connectivity index (χ3n) is 6.23. The van der Waals surface area contributed by atoms with E-state index < -0.39 is 0 Å². The lowest BCUT2D eigenvalue weighted by Crippen LogP contribution is -2.42. The van der Waals surface area contributed by atoms with Gasteiger partial charge in [-0.05, 0) is 63.9 Å². The Balaban J connectivity index is 0.000000229. The van der Waals surface area contributed by atoms with Crippen LogP contribution < -0.4 is 4.90 Å². The molecular formula is C26H33NOS. The molecule has 4 rings (SSSR count).